The van der Waals surface area contributed by atoms with Crippen molar-refractivity contribution in [2.45, 2.75) is 26.8 Å². The summed E-state index contributed by atoms with van der Waals surface area (Å²) < 4.78 is 17.5. The number of nitrogens with zero attached hydrogens (tertiary/aromatic N) is 2. The van der Waals surface area contributed by atoms with Crippen LogP contribution in [-0.4, -0.2) is 48.3 Å². The van der Waals surface area contributed by atoms with E-state index in [1.165, 1.54) is 11.3 Å². The van der Waals surface area contributed by atoms with E-state index in [-0.39, 0.29) is 17.5 Å². The zero-order valence-corrected chi connectivity index (χ0v) is 18.1. The Morgan fingerprint density at radius 3 is 2.90 bits per heavy atom. The summed E-state index contributed by atoms with van der Waals surface area (Å²) in [5, 5.41) is 4.99. The molecule has 0 saturated carbocycles. The molecule has 3 heterocycles. The molecule has 0 aliphatic carbocycles. The summed E-state index contributed by atoms with van der Waals surface area (Å²) >= 11 is 1.22. The summed E-state index contributed by atoms with van der Waals surface area (Å²) in [7, 11) is 1.63. The van der Waals surface area contributed by atoms with Crippen LogP contribution in [0.4, 0.5) is 0 Å². The van der Waals surface area contributed by atoms with E-state index in [1.54, 1.807) is 31.7 Å². The van der Waals surface area contributed by atoms with Crippen molar-refractivity contribution in [1.29, 1.82) is 0 Å². The zero-order chi connectivity index (χ0) is 21.5. The third-order valence-corrected chi connectivity index (χ3v) is 5.35. The van der Waals surface area contributed by atoms with Gasteiger partial charge in [-0.1, -0.05) is 0 Å². The van der Waals surface area contributed by atoms with Gasteiger partial charge in [0.25, 0.3) is 5.91 Å². The molecule has 0 spiro atoms. The highest BCUT2D eigenvalue weighted by molar-refractivity contribution is 7.11. The van der Waals surface area contributed by atoms with E-state index in [9.17, 15) is 9.59 Å². The topological polar surface area (TPSA) is 95.6 Å². The molecule has 3 aromatic rings. The smallest absolute Gasteiger partial charge is 0.367 e. The van der Waals surface area contributed by atoms with Crippen LogP contribution < -0.4 is 5.32 Å². The number of aromatic nitrogens is 2. The Labute approximate surface area is 178 Å². The summed E-state index contributed by atoms with van der Waals surface area (Å²) in [6.45, 7) is 5.47. The number of thiazole rings is 1. The lowest BCUT2D eigenvalue weighted by Crippen LogP contribution is -2.25. The number of hydrogen-bond donors (Lipinski definition) is 1. The molecule has 160 valence electrons. The summed E-state index contributed by atoms with van der Waals surface area (Å²) in [6, 6.07) is 5.49. The molecule has 0 aromatic carbocycles. The van der Waals surface area contributed by atoms with Crippen LogP contribution in [0.5, 0.6) is 0 Å². The van der Waals surface area contributed by atoms with Crippen molar-refractivity contribution >= 4 is 23.2 Å². The summed E-state index contributed by atoms with van der Waals surface area (Å²) in [4.78, 5) is 29.2. The monoisotopic (exact) mass is 431 g/mol. The molecule has 0 unspecified atom stereocenters. The Morgan fingerprint density at radius 1 is 1.37 bits per heavy atom. The van der Waals surface area contributed by atoms with Crippen molar-refractivity contribution in [3.8, 4) is 11.4 Å². The first-order chi connectivity index (χ1) is 14.5. The van der Waals surface area contributed by atoms with Crippen LogP contribution in [0.25, 0.3) is 11.4 Å². The molecule has 0 saturated heterocycles. The minimum Gasteiger partial charge on any atom is -0.467 e. The van der Waals surface area contributed by atoms with Crippen molar-refractivity contribution in [3.05, 3.63) is 51.9 Å². The summed E-state index contributed by atoms with van der Waals surface area (Å²) in [5.74, 6) is 0.137. The molecule has 0 bridgehead atoms. The van der Waals surface area contributed by atoms with Crippen LogP contribution in [0.3, 0.4) is 0 Å². The maximum atomic E-state index is 12.7. The van der Waals surface area contributed by atoms with E-state index >= 15 is 0 Å². The van der Waals surface area contributed by atoms with E-state index in [1.807, 2.05) is 23.6 Å². The minimum absolute atomic E-state index is 0.163. The molecule has 8 nitrogen and oxygen atoms in total. The quantitative estimate of drug-likeness (QED) is 0.390. The molecule has 3 aromatic heterocycles. The van der Waals surface area contributed by atoms with Gasteiger partial charge in [0.05, 0.1) is 36.4 Å². The first-order valence-corrected chi connectivity index (χ1v) is 10.6. The van der Waals surface area contributed by atoms with Gasteiger partial charge < -0.3 is 23.8 Å². The Balaban J connectivity index is 1.92. The second kappa shape index (κ2) is 10.2. The summed E-state index contributed by atoms with van der Waals surface area (Å²) in [6.07, 6.45) is 2.34. The van der Waals surface area contributed by atoms with Gasteiger partial charge in [-0.3, -0.25) is 4.79 Å². The average Bonchev–Trinajstić information content (AvgIpc) is 3.47. The Bertz CT molecular complexity index is 991. The van der Waals surface area contributed by atoms with E-state index in [2.05, 4.69) is 10.3 Å². The standard InChI is InChI=1S/C21H25N3O5S/c1-4-28-21(26)20-23-17(13-30-20)18-11-16(19(25)22-8-6-9-27-3)14(2)24(18)12-15-7-5-10-29-15/h5,7,10-11,13H,4,6,8-9,12H2,1-3H3,(H,22,25). The highest BCUT2D eigenvalue weighted by atomic mass is 32.1. The van der Waals surface area contributed by atoms with Crippen molar-refractivity contribution < 1.29 is 23.5 Å². The SMILES string of the molecule is CCOC(=O)c1nc(-c2cc(C(=O)NCCCOC)c(C)n2Cc2ccco2)cs1. The second-order valence-electron chi connectivity index (χ2n) is 6.55. The largest absolute Gasteiger partial charge is 0.467 e. The lowest BCUT2D eigenvalue weighted by molar-refractivity contribution is 0.0526. The summed E-state index contributed by atoms with van der Waals surface area (Å²) in [5.41, 5.74) is 2.69. The van der Waals surface area contributed by atoms with Gasteiger partial charge in [0.15, 0.2) is 0 Å². The number of nitrogens with one attached hydrogen (secondary N) is 1. The molecule has 0 aliphatic heterocycles. The predicted molar refractivity (Wildman–Crippen MR) is 113 cm³/mol. The van der Waals surface area contributed by atoms with Crippen LogP contribution in [0.1, 0.15) is 45.0 Å². The van der Waals surface area contributed by atoms with Gasteiger partial charge in [-0.15, -0.1) is 11.3 Å². The first kappa shape index (κ1) is 21.8. The van der Waals surface area contributed by atoms with Gasteiger partial charge in [0, 0.05) is 31.3 Å². The molecule has 3 rings (SSSR count). The van der Waals surface area contributed by atoms with E-state index in [0.29, 0.717) is 31.0 Å². The van der Waals surface area contributed by atoms with Gasteiger partial charge in [0.1, 0.15) is 5.76 Å². The normalized spacial score (nSPS) is 10.9. The maximum Gasteiger partial charge on any atom is 0.367 e. The molecular weight excluding hydrogens is 406 g/mol. The van der Waals surface area contributed by atoms with Crippen molar-refractivity contribution in [2.75, 3.05) is 26.9 Å². The number of methoxy groups -OCH3 is 1. The molecule has 0 atom stereocenters. The first-order valence-electron chi connectivity index (χ1n) is 9.67. The molecular formula is C21H25N3O5S. The zero-order valence-electron chi connectivity index (χ0n) is 17.3. The fourth-order valence-electron chi connectivity index (χ4n) is 3.04. The number of furan rings is 1. The maximum absolute atomic E-state index is 12.7. The molecule has 0 aliphatic rings. The number of carbonyl (C=O) groups is 2. The lowest BCUT2D eigenvalue weighted by Gasteiger charge is -2.09. The number of esters is 1. The van der Waals surface area contributed by atoms with Crippen LogP contribution in [-0.2, 0) is 16.0 Å². The van der Waals surface area contributed by atoms with Crippen LogP contribution in [0, 0.1) is 6.92 Å². The van der Waals surface area contributed by atoms with Gasteiger partial charge in [-0.05, 0) is 38.5 Å². The van der Waals surface area contributed by atoms with E-state index < -0.39 is 5.97 Å². The average molecular weight is 432 g/mol. The number of ether oxygens (including phenoxy) is 2. The fraction of sp³-hybridized carbons (Fsp3) is 0.381. The van der Waals surface area contributed by atoms with Crippen LogP contribution >= 0.6 is 11.3 Å². The van der Waals surface area contributed by atoms with Crippen LogP contribution in [0.2, 0.25) is 0 Å². The van der Waals surface area contributed by atoms with Gasteiger partial charge in [-0.2, -0.15) is 0 Å². The van der Waals surface area contributed by atoms with Crippen molar-refractivity contribution in [1.82, 2.24) is 14.9 Å². The van der Waals surface area contributed by atoms with E-state index in [4.69, 9.17) is 13.9 Å². The Hall–Kier alpha value is -2.91. The molecule has 0 fully saturated rings. The highest BCUT2D eigenvalue weighted by Gasteiger charge is 2.22. The lowest BCUT2D eigenvalue weighted by atomic mass is 10.2. The number of hydrogen-bond acceptors (Lipinski definition) is 7. The highest BCUT2D eigenvalue weighted by Crippen LogP contribution is 2.28. The van der Waals surface area contributed by atoms with E-state index in [0.717, 1.165) is 23.6 Å². The number of rotatable bonds is 10. The molecule has 0 radical (unpaired) electrons. The van der Waals surface area contributed by atoms with Crippen molar-refractivity contribution in [3.63, 3.8) is 0 Å². The van der Waals surface area contributed by atoms with Gasteiger partial charge in [-0.25, -0.2) is 9.78 Å². The molecule has 1 amide bonds. The molecule has 9 heteroatoms. The number of amides is 1. The Kier molecular flexibility index (Phi) is 7.42. The minimum atomic E-state index is -0.453. The van der Waals surface area contributed by atoms with Crippen LogP contribution in [0.15, 0.2) is 34.3 Å². The third kappa shape index (κ3) is 4.98. The van der Waals surface area contributed by atoms with Crippen molar-refractivity contribution in [2.24, 2.45) is 0 Å². The second-order valence-corrected chi connectivity index (χ2v) is 7.41. The fourth-order valence-corrected chi connectivity index (χ4v) is 3.74. The predicted octanol–water partition coefficient (Wildman–Crippen LogP) is 3.50. The molecule has 1 N–H and O–H groups in total. The van der Waals surface area contributed by atoms with Gasteiger partial charge >= 0.3 is 5.97 Å². The third-order valence-electron chi connectivity index (χ3n) is 4.53. The molecule has 30 heavy (non-hydrogen) atoms. The van der Waals surface area contributed by atoms with Gasteiger partial charge in [0.2, 0.25) is 5.01 Å². The Morgan fingerprint density at radius 2 is 2.20 bits per heavy atom. The number of carbonyl (C=O) groups excluding carboxylic acids is 2.